The van der Waals surface area contributed by atoms with Gasteiger partial charge in [0.15, 0.2) is 0 Å². The third-order valence-corrected chi connectivity index (χ3v) is 4.33. The number of amides is 3. The number of hydrogen-bond donors (Lipinski definition) is 3. The number of nitrogens with two attached hydrogens (primary N) is 1. The number of nitrogens with one attached hydrogen (secondary N) is 2. The normalized spacial score (nSPS) is 13.2. The number of carbonyl (C=O) groups is 5. The third kappa shape index (κ3) is 8.70. The van der Waals surface area contributed by atoms with Crippen molar-refractivity contribution < 1.29 is 37.8 Å². The highest BCUT2D eigenvalue weighted by Gasteiger charge is 2.38. The summed E-state index contributed by atoms with van der Waals surface area (Å²) in [6, 6.07) is 2.50. The Morgan fingerprint density at radius 2 is 1.59 bits per heavy atom. The number of hydrogen-bond acceptors (Lipinski definition) is 7. The lowest BCUT2D eigenvalue weighted by molar-refractivity contribution is -0.157. The van der Waals surface area contributed by atoms with Crippen molar-refractivity contribution in [1.82, 2.24) is 10.6 Å². The molecule has 1 aromatic rings. The number of halogens is 1. The van der Waals surface area contributed by atoms with Crippen LogP contribution in [0, 0.1) is 11.7 Å². The lowest BCUT2D eigenvalue weighted by Crippen LogP contribution is -2.57. The van der Waals surface area contributed by atoms with Crippen LogP contribution in [0.15, 0.2) is 24.3 Å². The highest BCUT2D eigenvalue weighted by Crippen LogP contribution is 2.15. The van der Waals surface area contributed by atoms with Crippen LogP contribution in [0.3, 0.4) is 0 Å². The predicted molar refractivity (Wildman–Crippen MR) is 110 cm³/mol. The molecule has 3 amide bonds. The van der Waals surface area contributed by atoms with Crippen molar-refractivity contribution in [3.05, 3.63) is 35.6 Å². The van der Waals surface area contributed by atoms with Gasteiger partial charge in [0.1, 0.15) is 17.9 Å². The maximum absolute atomic E-state index is 13.2. The van der Waals surface area contributed by atoms with E-state index >= 15 is 0 Å². The number of ether oxygens (including phenoxy) is 2. The maximum atomic E-state index is 13.2. The van der Waals surface area contributed by atoms with Crippen molar-refractivity contribution in [1.29, 1.82) is 0 Å². The van der Waals surface area contributed by atoms with Gasteiger partial charge >= 0.3 is 11.9 Å². The number of rotatable bonds is 12. The fourth-order valence-electron chi connectivity index (χ4n) is 2.92. The Morgan fingerprint density at radius 3 is 2.09 bits per heavy atom. The van der Waals surface area contributed by atoms with Gasteiger partial charge in [0.25, 0.3) is 0 Å². The highest BCUT2D eigenvalue weighted by molar-refractivity contribution is 5.95. The second-order valence-corrected chi connectivity index (χ2v) is 6.84. The second-order valence-electron chi connectivity index (χ2n) is 6.84. The molecule has 0 spiro atoms. The van der Waals surface area contributed by atoms with Gasteiger partial charge in [0.05, 0.1) is 25.6 Å². The summed E-state index contributed by atoms with van der Waals surface area (Å²) in [6.07, 6.45) is -0.581. The van der Waals surface area contributed by atoms with Gasteiger partial charge in [-0.2, -0.15) is 0 Å². The number of benzene rings is 1. The van der Waals surface area contributed by atoms with Gasteiger partial charge in [-0.3, -0.25) is 24.0 Å². The first-order chi connectivity index (χ1) is 15.1. The molecule has 0 heterocycles. The van der Waals surface area contributed by atoms with Gasteiger partial charge in [0.2, 0.25) is 17.7 Å². The summed E-state index contributed by atoms with van der Waals surface area (Å²) < 4.78 is 22.9. The van der Waals surface area contributed by atoms with E-state index in [0.717, 1.165) is 0 Å². The summed E-state index contributed by atoms with van der Waals surface area (Å²) in [5.41, 5.74) is 5.93. The fourth-order valence-corrected chi connectivity index (χ4v) is 2.92. The monoisotopic (exact) mass is 453 g/mol. The van der Waals surface area contributed by atoms with Crippen molar-refractivity contribution in [2.75, 3.05) is 13.2 Å². The third-order valence-electron chi connectivity index (χ3n) is 4.33. The van der Waals surface area contributed by atoms with Gasteiger partial charge < -0.3 is 25.8 Å². The fraction of sp³-hybridized carbons (Fsp3) is 0.476. The van der Waals surface area contributed by atoms with E-state index in [1.165, 1.54) is 38.1 Å². The zero-order valence-corrected chi connectivity index (χ0v) is 18.2. The number of primary amides is 1. The van der Waals surface area contributed by atoms with E-state index in [1.807, 2.05) is 0 Å². The summed E-state index contributed by atoms with van der Waals surface area (Å²) in [6.45, 7) is 4.31. The summed E-state index contributed by atoms with van der Waals surface area (Å²) in [5.74, 6) is -6.04. The number of esters is 2. The molecule has 0 aromatic heterocycles. The molecular weight excluding hydrogens is 425 g/mol. The summed E-state index contributed by atoms with van der Waals surface area (Å²) in [5, 5.41) is 4.77. The minimum atomic E-state index is -1.60. The minimum absolute atomic E-state index is 0.0286. The Kier molecular flexibility index (Phi) is 10.8. The molecule has 0 aliphatic rings. The van der Waals surface area contributed by atoms with E-state index in [-0.39, 0.29) is 19.6 Å². The van der Waals surface area contributed by atoms with Crippen LogP contribution in [0.4, 0.5) is 4.39 Å². The SMILES string of the molecule is CCOC(=O)C[C@@H](C(=O)OCC)[C@H](NC(=O)[C@H](Cc1ccc(F)cc1)NC(C)=O)C(N)=O. The average molecular weight is 453 g/mol. The van der Waals surface area contributed by atoms with Crippen molar-refractivity contribution in [3.63, 3.8) is 0 Å². The van der Waals surface area contributed by atoms with E-state index in [9.17, 15) is 28.4 Å². The minimum Gasteiger partial charge on any atom is -0.466 e. The number of carbonyl (C=O) groups excluding carboxylic acids is 5. The van der Waals surface area contributed by atoms with E-state index in [4.69, 9.17) is 15.2 Å². The van der Waals surface area contributed by atoms with Crippen molar-refractivity contribution in [2.24, 2.45) is 11.7 Å². The van der Waals surface area contributed by atoms with Crippen LogP contribution >= 0.6 is 0 Å². The second kappa shape index (κ2) is 13.0. The average Bonchev–Trinajstić information content (AvgIpc) is 2.71. The quantitative estimate of drug-likeness (QED) is 0.376. The topological polar surface area (TPSA) is 154 Å². The van der Waals surface area contributed by atoms with Crippen molar-refractivity contribution in [3.8, 4) is 0 Å². The molecular formula is C21H28FN3O7. The smallest absolute Gasteiger partial charge is 0.312 e. The summed E-state index contributed by atoms with van der Waals surface area (Å²) in [7, 11) is 0. The molecule has 0 aliphatic carbocycles. The lowest BCUT2D eigenvalue weighted by Gasteiger charge is -2.26. The first kappa shape index (κ1) is 26.5. The lowest BCUT2D eigenvalue weighted by atomic mass is 9.94. The van der Waals surface area contributed by atoms with Crippen molar-refractivity contribution in [2.45, 2.75) is 45.7 Å². The molecule has 0 aliphatic heterocycles. The van der Waals surface area contributed by atoms with Gasteiger partial charge in [-0.15, -0.1) is 0 Å². The Hall–Kier alpha value is -3.50. The Balaban J connectivity index is 3.13. The summed E-state index contributed by atoms with van der Waals surface area (Å²) >= 11 is 0. The molecule has 11 heteroatoms. The van der Waals surface area contributed by atoms with E-state index < -0.39 is 59.9 Å². The largest absolute Gasteiger partial charge is 0.466 e. The first-order valence-electron chi connectivity index (χ1n) is 10.0. The van der Waals surface area contributed by atoms with E-state index in [2.05, 4.69) is 10.6 Å². The van der Waals surface area contributed by atoms with Gasteiger partial charge in [0, 0.05) is 13.3 Å². The van der Waals surface area contributed by atoms with Crippen molar-refractivity contribution >= 4 is 29.7 Å². The van der Waals surface area contributed by atoms with E-state index in [1.54, 1.807) is 6.92 Å². The van der Waals surface area contributed by atoms with Gasteiger partial charge in [-0.1, -0.05) is 12.1 Å². The molecule has 0 fully saturated rings. The Labute approximate surface area is 185 Å². The molecule has 3 atom stereocenters. The van der Waals surface area contributed by atoms with Crippen LogP contribution < -0.4 is 16.4 Å². The Bertz CT molecular complexity index is 829. The van der Waals surface area contributed by atoms with Crippen LogP contribution in [-0.4, -0.2) is 55.0 Å². The molecule has 0 saturated heterocycles. The predicted octanol–water partition coefficient (Wildman–Crippen LogP) is -0.0245. The van der Waals surface area contributed by atoms with Crippen LogP contribution in [-0.2, 0) is 39.9 Å². The Morgan fingerprint density at radius 1 is 1.00 bits per heavy atom. The zero-order valence-electron chi connectivity index (χ0n) is 18.2. The van der Waals surface area contributed by atoms with Crippen LogP contribution in [0.5, 0.6) is 0 Å². The molecule has 0 bridgehead atoms. The standard InChI is InChI=1S/C21H28FN3O7/c1-4-31-17(27)11-15(21(30)32-5-2)18(19(23)28)25-20(29)16(24-12(3)26)10-13-6-8-14(22)9-7-13/h6-9,15-16,18H,4-5,10-11H2,1-3H3,(H2,23,28)(H,24,26)(H,25,29)/t15-,16+,18+/m1/s1. The van der Waals surface area contributed by atoms with Crippen LogP contribution in [0.25, 0.3) is 0 Å². The molecule has 1 rings (SSSR count). The zero-order chi connectivity index (χ0) is 24.3. The molecule has 0 saturated carbocycles. The van der Waals surface area contributed by atoms with Gasteiger partial charge in [-0.25, -0.2) is 4.39 Å². The summed E-state index contributed by atoms with van der Waals surface area (Å²) in [4.78, 5) is 60.9. The van der Waals surface area contributed by atoms with Crippen LogP contribution in [0.1, 0.15) is 32.8 Å². The molecule has 0 radical (unpaired) electrons. The molecule has 4 N–H and O–H groups in total. The molecule has 176 valence electrons. The van der Waals surface area contributed by atoms with E-state index in [0.29, 0.717) is 5.56 Å². The van der Waals surface area contributed by atoms with Gasteiger partial charge in [-0.05, 0) is 31.5 Å². The molecule has 32 heavy (non-hydrogen) atoms. The first-order valence-corrected chi connectivity index (χ1v) is 10.0. The maximum Gasteiger partial charge on any atom is 0.312 e. The molecule has 0 unspecified atom stereocenters. The molecule has 1 aromatic carbocycles. The highest BCUT2D eigenvalue weighted by atomic mass is 19.1. The molecule has 10 nitrogen and oxygen atoms in total. The van der Waals surface area contributed by atoms with Crippen LogP contribution in [0.2, 0.25) is 0 Å².